The van der Waals surface area contributed by atoms with Crippen LogP contribution in [0.3, 0.4) is 0 Å². The standard InChI is InChI=1S/C16H14F3NO3/c1-3-20-8-12(14(21)13(9(20)2)15(22)23)10-4-6-11(7-5-10)16(17,18)19/h4-8H,3H2,1-2H3,(H,22,23). The van der Waals surface area contributed by atoms with Crippen molar-refractivity contribution in [2.45, 2.75) is 26.6 Å². The van der Waals surface area contributed by atoms with Gasteiger partial charge in [0.05, 0.1) is 5.56 Å². The van der Waals surface area contributed by atoms with Crippen molar-refractivity contribution >= 4 is 5.97 Å². The third kappa shape index (κ3) is 3.13. The van der Waals surface area contributed by atoms with Crippen molar-refractivity contribution in [2.24, 2.45) is 0 Å². The highest BCUT2D eigenvalue weighted by atomic mass is 19.4. The van der Waals surface area contributed by atoms with Crippen LogP contribution in [0, 0.1) is 6.92 Å². The smallest absolute Gasteiger partial charge is 0.416 e. The Balaban J connectivity index is 2.66. The molecule has 0 radical (unpaired) electrons. The topological polar surface area (TPSA) is 59.3 Å². The summed E-state index contributed by atoms with van der Waals surface area (Å²) in [5, 5.41) is 9.23. The van der Waals surface area contributed by atoms with E-state index in [0.29, 0.717) is 12.2 Å². The number of hydrogen-bond acceptors (Lipinski definition) is 2. The summed E-state index contributed by atoms with van der Waals surface area (Å²) in [4.78, 5) is 23.7. The number of pyridine rings is 1. The number of alkyl halides is 3. The van der Waals surface area contributed by atoms with Gasteiger partial charge in [0.2, 0.25) is 5.43 Å². The molecular weight excluding hydrogens is 311 g/mol. The average Bonchev–Trinajstić information content (AvgIpc) is 2.46. The lowest BCUT2D eigenvalue weighted by Crippen LogP contribution is -2.23. The Bertz CT molecular complexity index is 805. The minimum atomic E-state index is -4.47. The highest BCUT2D eigenvalue weighted by molar-refractivity contribution is 5.90. The lowest BCUT2D eigenvalue weighted by Gasteiger charge is -2.14. The van der Waals surface area contributed by atoms with E-state index in [1.165, 1.54) is 25.3 Å². The quantitative estimate of drug-likeness (QED) is 0.938. The summed E-state index contributed by atoms with van der Waals surface area (Å²) in [6.07, 6.45) is -3.01. The van der Waals surface area contributed by atoms with E-state index in [0.717, 1.165) is 12.1 Å². The molecule has 0 saturated heterocycles. The van der Waals surface area contributed by atoms with Crippen LogP contribution in [0.2, 0.25) is 0 Å². The predicted octanol–water partition coefficient (Wildman–Crippen LogP) is 3.56. The summed E-state index contributed by atoms with van der Waals surface area (Å²) in [6.45, 7) is 3.73. The molecule has 0 aliphatic heterocycles. The molecule has 1 aromatic carbocycles. The molecular formula is C16H14F3NO3. The molecule has 23 heavy (non-hydrogen) atoms. The number of benzene rings is 1. The first-order valence-corrected chi connectivity index (χ1v) is 6.81. The van der Waals surface area contributed by atoms with E-state index in [-0.39, 0.29) is 16.7 Å². The third-order valence-corrected chi connectivity index (χ3v) is 3.63. The Morgan fingerprint density at radius 2 is 1.78 bits per heavy atom. The number of aromatic nitrogens is 1. The molecule has 2 rings (SSSR count). The van der Waals surface area contributed by atoms with Gasteiger partial charge in [0.1, 0.15) is 5.56 Å². The van der Waals surface area contributed by atoms with Gasteiger partial charge in [-0.1, -0.05) is 12.1 Å². The molecule has 4 nitrogen and oxygen atoms in total. The fourth-order valence-corrected chi connectivity index (χ4v) is 2.38. The second kappa shape index (κ2) is 5.91. The van der Waals surface area contributed by atoms with Gasteiger partial charge >= 0.3 is 12.1 Å². The van der Waals surface area contributed by atoms with Gasteiger partial charge in [-0.15, -0.1) is 0 Å². The number of aryl methyl sites for hydroxylation is 1. The molecule has 0 aliphatic rings. The zero-order valence-corrected chi connectivity index (χ0v) is 12.4. The van der Waals surface area contributed by atoms with Crippen LogP contribution in [0.1, 0.15) is 28.5 Å². The molecule has 0 fully saturated rings. The fraction of sp³-hybridized carbons (Fsp3) is 0.250. The van der Waals surface area contributed by atoms with Gasteiger partial charge in [-0.2, -0.15) is 13.2 Å². The monoisotopic (exact) mass is 325 g/mol. The second-order valence-corrected chi connectivity index (χ2v) is 5.00. The summed E-state index contributed by atoms with van der Waals surface area (Å²) in [5.74, 6) is -1.36. The molecule has 7 heteroatoms. The lowest BCUT2D eigenvalue weighted by molar-refractivity contribution is -0.137. The largest absolute Gasteiger partial charge is 0.477 e. The van der Waals surface area contributed by atoms with Crippen LogP contribution >= 0.6 is 0 Å². The molecule has 0 saturated carbocycles. The van der Waals surface area contributed by atoms with Crippen molar-refractivity contribution in [1.82, 2.24) is 4.57 Å². The van der Waals surface area contributed by atoms with E-state index in [1.807, 2.05) is 0 Å². The number of rotatable bonds is 3. The Labute approximate surface area is 129 Å². The van der Waals surface area contributed by atoms with Crippen molar-refractivity contribution in [3.8, 4) is 11.1 Å². The maximum atomic E-state index is 12.6. The van der Waals surface area contributed by atoms with E-state index in [9.17, 15) is 27.9 Å². The van der Waals surface area contributed by atoms with Gasteiger partial charge in [0.15, 0.2) is 0 Å². The molecule has 0 unspecified atom stereocenters. The van der Waals surface area contributed by atoms with E-state index in [1.54, 1.807) is 11.5 Å². The number of hydrogen-bond donors (Lipinski definition) is 1. The van der Waals surface area contributed by atoms with Crippen LogP contribution in [-0.4, -0.2) is 15.6 Å². The highest BCUT2D eigenvalue weighted by Crippen LogP contribution is 2.30. The Morgan fingerprint density at radius 1 is 1.22 bits per heavy atom. The molecule has 2 aromatic rings. The van der Waals surface area contributed by atoms with Crippen LogP contribution in [0.4, 0.5) is 13.2 Å². The number of carbonyl (C=O) groups is 1. The number of nitrogens with zero attached hydrogens (tertiary/aromatic N) is 1. The van der Waals surface area contributed by atoms with Crippen LogP contribution in [0.15, 0.2) is 35.3 Å². The van der Waals surface area contributed by atoms with E-state index < -0.39 is 23.1 Å². The molecule has 122 valence electrons. The summed E-state index contributed by atoms with van der Waals surface area (Å²) in [6, 6.07) is 4.07. The third-order valence-electron chi connectivity index (χ3n) is 3.63. The van der Waals surface area contributed by atoms with Gasteiger partial charge in [0, 0.05) is 24.0 Å². The SMILES string of the molecule is CCn1cc(-c2ccc(C(F)(F)F)cc2)c(=O)c(C(=O)O)c1C. The summed E-state index contributed by atoms with van der Waals surface area (Å²) < 4.78 is 39.4. The molecule has 1 N–H and O–H groups in total. The van der Waals surface area contributed by atoms with Crippen molar-refractivity contribution in [3.05, 3.63) is 57.5 Å². The van der Waals surface area contributed by atoms with Crippen LogP contribution in [0.5, 0.6) is 0 Å². The number of carboxylic acid groups (broad SMARTS) is 1. The Hall–Kier alpha value is -2.57. The van der Waals surface area contributed by atoms with Gasteiger partial charge in [-0.05, 0) is 31.5 Å². The first kappa shape index (κ1) is 16.8. The zero-order chi connectivity index (χ0) is 17.4. The first-order valence-electron chi connectivity index (χ1n) is 6.81. The van der Waals surface area contributed by atoms with Crippen LogP contribution < -0.4 is 5.43 Å². The van der Waals surface area contributed by atoms with Gasteiger partial charge in [-0.25, -0.2) is 4.79 Å². The fourth-order valence-electron chi connectivity index (χ4n) is 2.38. The predicted molar refractivity (Wildman–Crippen MR) is 78.5 cm³/mol. The second-order valence-electron chi connectivity index (χ2n) is 5.00. The highest BCUT2D eigenvalue weighted by Gasteiger charge is 2.30. The number of halogens is 3. The van der Waals surface area contributed by atoms with Gasteiger partial charge in [0.25, 0.3) is 0 Å². The van der Waals surface area contributed by atoms with E-state index in [2.05, 4.69) is 0 Å². The average molecular weight is 325 g/mol. The summed E-state index contributed by atoms with van der Waals surface area (Å²) >= 11 is 0. The maximum Gasteiger partial charge on any atom is 0.416 e. The molecule has 1 aromatic heterocycles. The zero-order valence-electron chi connectivity index (χ0n) is 12.4. The van der Waals surface area contributed by atoms with Gasteiger partial charge in [-0.3, -0.25) is 4.79 Å². The number of aromatic carboxylic acids is 1. The van der Waals surface area contributed by atoms with E-state index >= 15 is 0 Å². The molecule has 0 aliphatic carbocycles. The summed E-state index contributed by atoms with van der Waals surface area (Å²) in [5.41, 5.74) is -1.30. The van der Waals surface area contributed by atoms with Crippen molar-refractivity contribution < 1.29 is 23.1 Å². The van der Waals surface area contributed by atoms with Crippen molar-refractivity contribution in [2.75, 3.05) is 0 Å². The lowest BCUT2D eigenvalue weighted by atomic mass is 10.0. The normalized spacial score (nSPS) is 11.5. The number of carboxylic acids is 1. The van der Waals surface area contributed by atoms with Crippen molar-refractivity contribution in [1.29, 1.82) is 0 Å². The molecule has 0 amide bonds. The van der Waals surface area contributed by atoms with Crippen LogP contribution in [-0.2, 0) is 12.7 Å². The minimum absolute atomic E-state index is 0.0589. The van der Waals surface area contributed by atoms with E-state index in [4.69, 9.17) is 0 Å². The molecule has 1 heterocycles. The van der Waals surface area contributed by atoms with Gasteiger partial charge < -0.3 is 9.67 Å². The molecule has 0 bridgehead atoms. The Morgan fingerprint density at radius 3 is 2.22 bits per heavy atom. The maximum absolute atomic E-state index is 12.6. The molecule has 0 spiro atoms. The first-order chi connectivity index (χ1) is 10.7. The van der Waals surface area contributed by atoms with Crippen LogP contribution in [0.25, 0.3) is 11.1 Å². The molecule has 0 atom stereocenters. The Kier molecular flexibility index (Phi) is 4.31. The summed E-state index contributed by atoms with van der Waals surface area (Å²) in [7, 11) is 0. The minimum Gasteiger partial charge on any atom is -0.477 e. The van der Waals surface area contributed by atoms with Crippen molar-refractivity contribution in [3.63, 3.8) is 0 Å².